The molecule has 0 heterocycles. The van der Waals surface area contributed by atoms with Crippen molar-refractivity contribution in [2.45, 2.75) is 40.7 Å². The van der Waals surface area contributed by atoms with Gasteiger partial charge in [-0.05, 0) is 19.1 Å². The molecular weight excluding hydrogens is 224 g/mol. The average Bonchev–Trinajstić information content (AvgIpc) is 2.36. The lowest BCUT2D eigenvalue weighted by Gasteiger charge is -2.09. The van der Waals surface area contributed by atoms with Crippen molar-refractivity contribution in [3.8, 4) is 0 Å². The Hall–Kier alpha value is -1.35. The molecule has 0 atom stereocenters. The van der Waals surface area contributed by atoms with Gasteiger partial charge in [0.05, 0.1) is 0 Å². The zero-order valence-corrected chi connectivity index (χ0v) is 12.2. The monoisotopic (exact) mass is 250 g/mol. The van der Waals surface area contributed by atoms with Crippen LogP contribution in [-0.4, -0.2) is 25.0 Å². The van der Waals surface area contributed by atoms with Crippen LogP contribution in [0.5, 0.6) is 0 Å². The van der Waals surface area contributed by atoms with Gasteiger partial charge in [-0.3, -0.25) is 4.79 Å². The van der Waals surface area contributed by atoms with E-state index in [1.54, 1.807) is 0 Å². The Labute approximate surface area is 111 Å². The zero-order valence-electron chi connectivity index (χ0n) is 12.2. The second kappa shape index (κ2) is 9.66. The third-order valence-corrected chi connectivity index (χ3v) is 2.24. The fourth-order valence-corrected chi connectivity index (χ4v) is 1.43. The Bertz CT molecular complexity index is 348. The number of carbonyl (C=O) groups is 1. The van der Waals surface area contributed by atoms with Gasteiger partial charge in [0.25, 0.3) is 5.91 Å². The summed E-state index contributed by atoms with van der Waals surface area (Å²) in [6.45, 7) is 11.6. The van der Waals surface area contributed by atoms with Crippen molar-refractivity contribution in [3.05, 3.63) is 35.4 Å². The zero-order chi connectivity index (χ0) is 14.0. The Morgan fingerprint density at radius 3 is 2.44 bits per heavy atom. The summed E-state index contributed by atoms with van der Waals surface area (Å²) < 4.78 is 0. The van der Waals surface area contributed by atoms with Crippen LogP contribution < -0.4 is 10.6 Å². The summed E-state index contributed by atoms with van der Waals surface area (Å²) in [6, 6.07) is 8.06. The van der Waals surface area contributed by atoms with E-state index in [-0.39, 0.29) is 5.91 Å². The topological polar surface area (TPSA) is 41.1 Å². The lowest BCUT2D eigenvalue weighted by atomic mass is 10.1. The van der Waals surface area contributed by atoms with Crippen LogP contribution in [0, 0.1) is 6.92 Å². The Morgan fingerprint density at radius 2 is 1.89 bits per heavy atom. The third-order valence-electron chi connectivity index (χ3n) is 2.24. The molecule has 3 heteroatoms. The van der Waals surface area contributed by atoms with Gasteiger partial charge in [-0.15, -0.1) is 0 Å². The highest BCUT2D eigenvalue weighted by molar-refractivity contribution is 5.94. The molecule has 0 spiro atoms. The van der Waals surface area contributed by atoms with Gasteiger partial charge in [-0.25, -0.2) is 0 Å². The number of rotatable bonds is 5. The van der Waals surface area contributed by atoms with Crippen LogP contribution >= 0.6 is 0 Å². The van der Waals surface area contributed by atoms with Crippen molar-refractivity contribution in [3.63, 3.8) is 0 Å². The minimum absolute atomic E-state index is 0.00532. The molecule has 0 saturated carbocycles. The predicted octanol–water partition coefficient (Wildman–Crippen LogP) is 2.75. The first-order chi connectivity index (χ1) is 8.59. The molecule has 1 aromatic rings. The summed E-state index contributed by atoms with van der Waals surface area (Å²) in [7, 11) is 0. The minimum atomic E-state index is -0.00532. The Kier molecular flexibility index (Phi) is 8.93. The van der Waals surface area contributed by atoms with Gasteiger partial charge < -0.3 is 10.6 Å². The number of benzene rings is 1. The molecule has 0 unspecified atom stereocenters. The molecule has 0 saturated heterocycles. The molecule has 18 heavy (non-hydrogen) atoms. The summed E-state index contributed by atoms with van der Waals surface area (Å²) in [6.07, 6.45) is 0. The summed E-state index contributed by atoms with van der Waals surface area (Å²) in [4.78, 5) is 11.7. The van der Waals surface area contributed by atoms with Crippen LogP contribution in [0.3, 0.4) is 0 Å². The maximum absolute atomic E-state index is 11.7. The number of nitrogens with one attached hydrogen (secondary N) is 2. The molecule has 0 aliphatic rings. The molecule has 3 nitrogen and oxygen atoms in total. The molecule has 2 N–H and O–H groups in total. The van der Waals surface area contributed by atoms with Crippen molar-refractivity contribution in [1.82, 2.24) is 10.6 Å². The molecule has 102 valence electrons. The van der Waals surface area contributed by atoms with Crippen molar-refractivity contribution in [1.29, 1.82) is 0 Å². The molecule has 1 amide bonds. The Morgan fingerprint density at radius 1 is 1.22 bits per heavy atom. The van der Waals surface area contributed by atoms with Gasteiger partial charge in [-0.2, -0.15) is 0 Å². The van der Waals surface area contributed by atoms with Crippen molar-refractivity contribution in [2.24, 2.45) is 0 Å². The van der Waals surface area contributed by atoms with Gasteiger partial charge >= 0.3 is 0 Å². The molecule has 0 radical (unpaired) electrons. The summed E-state index contributed by atoms with van der Waals surface area (Å²) >= 11 is 0. The highest BCUT2D eigenvalue weighted by Gasteiger charge is 2.03. The lowest BCUT2D eigenvalue weighted by molar-refractivity contribution is 0.0953. The molecule has 0 aliphatic carbocycles. The average molecular weight is 250 g/mol. The van der Waals surface area contributed by atoms with Crippen LogP contribution in [0.15, 0.2) is 24.3 Å². The highest BCUT2D eigenvalue weighted by Crippen LogP contribution is 2.03. The van der Waals surface area contributed by atoms with E-state index in [4.69, 9.17) is 0 Å². The summed E-state index contributed by atoms with van der Waals surface area (Å²) in [5, 5.41) is 6.13. The normalized spacial score (nSPS) is 9.67. The standard InChI is InChI=1S/C13H20N2O.C2H6/c1-10(2)14-7-8-15-13(16)12-6-4-5-11(3)9-12;1-2/h4-6,9-10,14H,7-8H2,1-3H3,(H,15,16);1-2H3. The third kappa shape index (κ3) is 7.07. The van der Waals surface area contributed by atoms with Crippen LogP contribution in [-0.2, 0) is 0 Å². The second-order valence-corrected chi connectivity index (χ2v) is 4.23. The number of aryl methyl sites for hydroxylation is 1. The van der Waals surface area contributed by atoms with Crippen LogP contribution in [0.2, 0.25) is 0 Å². The quantitative estimate of drug-likeness (QED) is 0.789. The fourth-order valence-electron chi connectivity index (χ4n) is 1.43. The number of amides is 1. The fraction of sp³-hybridized carbons (Fsp3) is 0.533. The molecule has 1 rings (SSSR count). The Balaban J connectivity index is 0.00000137. The van der Waals surface area contributed by atoms with E-state index in [0.29, 0.717) is 12.6 Å². The number of carbonyl (C=O) groups excluding carboxylic acids is 1. The van der Waals surface area contributed by atoms with E-state index < -0.39 is 0 Å². The largest absolute Gasteiger partial charge is 0.351 e. The molecule has 0 aromatic heterocycles. The van der Waals surface area contributed by atoms with E-state index in [2.05, 4.69) is 24.5 Å². The van der Waals surface area contributed by atoms with Crippen LogP contribution in [0.4, 0.5) is 0 Å². The highest BCUT2D eigenvalue weighted by atomic mass is 16.1. The van der Waals surface area contributed by atoms with Gasteiger partial charge in [0.15, 0.2) is 0 Å². The first-order valence-electron chi connectivity index (χ1n) is 6.68. The van der Waals surface area contributed by atoms with Crippen molar-refractivity contribution < 1.29 is 4.79 Å². The van der Waals surface area contributed by atoms with E-state index >= 15 is 0 Å². The second-order valence-electron chi connectivity index (χ2n) is 4.23. The molecule has 1 aromatic carbocycles. The van der Waals surface area contributed by atoms with Crippen molar-refractivity contribution >= 4 is 5.91 Å². The van der Waals surface area contributed by atoms with Gasteiger partial charge in [0.2, 0.25) is 0 Å². The number of hydrogen-bond acceptors (Lipinski definition) is 2. The van der Waals surface area contributed by atoms with Crippen LogP contribution in [0.1, 0.15) is 43.6 Å². The van der Waals surface area contributed by atoms with Gasteiger partial charge in [0.1, 0.15) is 0 Å². The summed E-state index contributed by atoms with van der Waals surface area (Å²) in [5.41, 5.74) is 1.83. The molecule has 0 aliphatic heterocycles. The van der Waals surface area contributed by atoms with Gasteiger partial charge in [-0.1, -0.05) is 45.4 Å². The first kappa shape index (κ1) is 16.6. The summed E-state index contributed by atoms with van der Waals surface area (Å²) in [5.74, 6) is -0.00532. The van der Waals surface area contributed by atoms with E-state index in [0.717, 1.165) is 17.7 Å². The van der Waals surface area contributed by atoms with Gasteiger partial charge in [0, 0.05) is 24.7 Å². The molecule has 0 bridgehead atoms. The first-order valence-corrected chi connectivity index (χ1v) is 6.68. The predicted molar refractivity (Wildman–Crippen MR) is 78.0 cm³/mol. The number of hydrogen-bond donors (Lipinski definition) is 2. The van der Waals surface area contributed by atoms with Crippen LogP contribution in [0.25, 0.3) is 0 Å². The maximum atomic E-state index is 11.7. The van der Waals surface area contributed by atoms with E-state index in [9.17, 15) is 4.79 Å². The van der Waals surface area contributed by atoms with E-state index in [1.807, 2.05) is 45.0 Å². The SMILES string of the molecule is CC.Cc1cccc(C(=O)NCCNC(C)C)c1. The maximum Gasteiger partial charge on any atom is 0.251 e. The smallest absolute Gasteiger partial charge is 0.251 e. The lowest BCUT2D eigenvalue weighted by Crippen LogP contribution is -2.34. The minimum Gasteiger partial charge on any atom is -0.351 e. The van der Waals surface area contributed by atoms with Crippen molar-refractivity contribution in [2.75, 3.05) is 13.1 Å². The molecule has 0 fully saturated rings. The molecular formula is C15H26N2O. The van der Waals surface area contributed by atoms with E-state index in [1.165, 1.54) is 0 Å².